The van der Waals surface area contributed by atoms with Crippen LogP contribution in [0.2, 0.25) is 0 Å². The topological polar surface area (TPSA) is 59.2 Å². The van der Waals surface area contributed by atoms with Crippen molar-refractivity contribution in [2.24, 2.45) is 5.92 Å². The third-order valence-corrected chi connectivity index (χ3v) is 5.49. The number of carbonyl (C=O) groups excluding carboxylic acids is 1. The molecule has 3 heterocycles. The van der Waals surface area contributed by atoms with Gasteiger partial charge in [0.25, 0.3) is 0 Å². The molecule has 0 aromatic carbocycles. The maximum absolute atomic E-state index is 12.4. The van der Waals surface area contributed by atoms with E-state index in [4.69, 9.17) is 4.52 Å². The monoisotopic (exact) mass is 343 g/mol. The van der Waals surface area contributed by atoms with Gasteiger partial charge in [0, 0.05) is 36.4 Å². The molecule has 2 aromatic rings. The van der Waals surface area contributed by atoms with Crippen LogP contribution in [0.3, 0.4) is 0 Å². The van der Waals surface area contributed by atoms with E-state index in [2.05, 4.69) is 10.1 Å². The van der Waals surface area contributed by atoms with Gasteiger partial charge in [-0.15, -0.1) is 11.3 Å². The lowest BCUT2D eigenvalue weighted by atomic mass is 9.94. The summed E-state index contributed by atoms with van der Waals surface area (Å²) in [5, 5.41) is 6.09. The Morgan fingerprint density at radius 1 is 1.42 bits per heavy atom. The maximum atomic E-state index is 12.4. The van der Waals surface area contributed by atoms with Crippen LogP contribution >= 0.6 is 11.3 Å². The maximum Gasteiger partial charge on any atom is 0.246 e. The van der Waals surface area contributed by atoms with Gasteiger partial charge in [0.15, 0.2) is 5.82 Å². The molecular formula is C18H21N3O2S. The van der Waals surface area contributed by atoms with Crippen molar-refractivity contribution in [2.45, 2.75) is 38.0 Å². The molecule has 5 nitrogen and oxygen atoms in total. The van der Waals surface area contributed by atoms with E-state index < -0.39 is 0 Å². The molecule has 1 saturated heterocycles. The van der Waals surface area contributed by atoms with Crippen molar-refractivity contribution in [3.05, 3.63) is 40.2 Å². The van der Waals surface area contributed by atoms with Crippen molar-refractivity contribution < 1.29 is 9.32 Å². The molecule has 1 aliphatic heterocycles. The number of amides is 1. The minimum Gasteiger partial charge on any atom is -0.339 e. The highest BCUT2D eigenvalue weighted by Gasteiger charge is 2.30. The number of aromatic nitrogens is 2. The molecule has 2 aliphatic rings. The Balaban J connectivity index is 1.33. The zero-order valence-electron chi connectivity index (χ0n) is 13.6. The predicted molar refractivity (Wildman–Crippen MR) is 92.6 cm³/mol. The molecule has 126 valence electrons. The van der Waals surface area contributed by atoms with Crippen molar-refractivity contribution in [1.29, 1.82) is 0 Å². The smallest absolute Gasteiger partial charge is 0.246 e. The molecule has 0 radical (unpaired) electrons. The number of piperidine rings is 1. The standard InChI is InChI=1S/C18H21N3O2S/c22-17(8-7-15-4-2-10-24-15)21-9-1-3-13(12-21)11-16-19-18(20-23-16)14-5-6-14/h2,4,7-8,10,13-14H,1,3,5-6,9,11-12H2/b8-7-. The second kappa shape index (κ2) is 6.89. The molecule has 2 fully saturated rings. The molecule has 0 bridgehead atoms. The Bertz CT molecular complexity index is 718. The number of carbonyl (C=O) groups is 1. The summed E-state index contributed by atoms with van der Waals surface area (Å²) in [5.41, 5.74) is 0. The van der Waals surface area contributed by atoms with Crippen LogP contribution in [0.15, 0.2) is 28.1 Å². The van der Waals surface area contributed by atoms with Crippen LogP contribution in [0.25, 0.3) is 6.08 Å². The number of nitrogens with zero attached hydrogens (tertiary/aromatic N) is 3. The minimum atomic E-state index is 0.0947. The Kier molecular flexibility index (Phi) is 4.47. The molecule has 1 amide bonds. The highest BCUT2D eigenvalue weighted by Crippen LogP contribution is 2.38. The van der Waals surface area contributed by atoms with E-state index in [0.717, 1.165) is 48.9 Å². The van der Waals surface area contributed by atoms with Crippen molar-refractivity contribution in [1.82, 2.24) is 15.0 Å². The van der Waals surface area contributed by atoms with Gasteiger partial charge in [0.2, 0.25) is 11.8 Å². The third kappa shape index (κ3) is 3.75. The molecule has 24 heavy (non-hydrogen) atoms. The molecule has 4 rings (SSSR count). The van der Waals surface area contributed by atoms with Gasteiger partial charge in [-0.25, -0.2) is 0 Å². The van der Waals surface area contributed by atoms with Gasteiger partial charge in [-0.1, -0.05) is 11.2 Å². The fraction of sp³-hybridized carbons (Fsp3) is 0.500. The zero-order valence-corrected chi connectivity index (χ0v) is 14.4. The second-order valence-corrected chi connectivity index (χ2v) is 7.65. The van der Waals surface area contributed by atoms with Gasteiger partial charge >= 0.3 is 0 Å². The SMILES string of the molecule is O=C(/C=C\c1cccs1)N1CCCC(Cc2nc(C3CC3)no2)C1. The molecule has 0 N–H and O–H groups in total. The summed E-state index contributed by atoms with van der Waals surface area (Å²) in [6.45, 7) is 1.61. The molecule has 6 heteroatoms. The normalized spacial score (nSPS) is 21.5. The first-order chi connectivity index (χ1) is 11.8. The van der Waals surface area contributed by atoms with Crippen molar-refractivity contribution in [2.75, 3.05) is 13.1 Å². The molecule has 0 spiro atoms. The summed E-state index contributed by atoms with van der Waals surface area (Å²) in [7, 11) is 0. The number of hydrogen-bond donors (Lipinski definition) is 0. The van der Waals surface area contributed by atoms with Crippen LogP contribution in [-0.2, 0) is 11.2 Å². The lowest BCUT2D eigenvalue weighted by molar-refractivity contribution is -0.127. The van der Waals surface area contributed by atoms with Gasteiger partial charge in [0.1, 0.15) is 0 Å². The number of rotatable bonds is 5. The van der Waals surface area contributed by atoms with Crippen LogP contribution < -0.4 is 0 Å². The van der Waals surface area contributed by atoms with Crippen LogP contribution in [-0.4, -0.2) is 34.0 Å². The average Bonchev–Trinajstić information content (AvgIpc) is 3.12. The number of thiophene rings is 1. The van der Waals surface area contributed by atoms with Crippen molar-refractivity contribution in [3.63, 3.8) is 0 Å². The Hall–Kier alpha value is -1.95. The summed E-state index contributed by atoms with van der Waals surface area (Å²) in [6.07, 6.45) is 8.87. The van der Waals surface area contributed by atoms with E-state index in [0.29, 0.717) is 11.8 Å². The summed E-state index contributed by atoms with van der Waals surface area (Å²) < 4.78 is 5.38. The van der Waals surface area contributed by atoms with Crippen molar-refractivity contribution in [3.8, 4) is 0 Å². The predicted octanol–water partition coefficient (Wildman–Crippen LogP) is 3.50. The van der Waals surface area contributed by atoms with Crippen LogP contribution in [0.4, 0.5) is 0 Å². The molecule has 1 saturated carbocycles. The molecule has 1 atom stereocenters. The summed E-state index contributed by atoms with van der Waals surface area (Å²) in [5.74, 6) is 2.62. The second-order valence-electron chi connectivity index (χ2n) is 6.67. The van der Waals surface area contributed by atoms with E-state index in [1.165, 1.54) is 12.8 Å². The number of hydrogen-bond acceptors (Lipinski definition) is 5. The van der Waals surface area contributed by atoms with Gasteiger partial charge < -0.3 is 9.42 Å². The largest absolute Gasteiger partial charge is 0.339 e. The molecule has 1 unspecified atom stereocenters. The Morgan fingerprint density at radius 2 is 2.33 bits per heavy atom. The Morgan fingerprint density at radius 3 is 3.12 bits per heavy atom. The quantitative estimate of drug-likeness (QED) is 0.780. The van der Waals surface area contributed by atoms with Gasteiger partial charge in [-0.3, -0.25) is 4.79 Å². The average molecular weight is 343 g/mol. The summed E-state index contributed by atoms with van der Waals surface area (Å²) >= 11 is 1.64. The third-order valence-electron chi connectivity index (χ3n) is 4.65. The molecule has 1 aliphatic carbocycles. The molecular weight excluding hydrogens is 322 g/mol. The van der Waals surface area contributed by atoms with E-state index in [1.807, 2.05) is 28.5 Å². The Labute approximate surface area is 145 Å². The summed E-state index contributed by atoms with van der Waals surface area (Å²) in [6, 6.07) is 4.01. The van der Waals surface area contributed by atoms with E-state index >= 15 is 0 Å². The van der Waals surface area contributed by atoms with Gasteiger partial charge in [0.05, 0.1) is 0 Å². The highest BCUT2D eigenvalue weighted by molar-refractivity contribution is 7.10. The zero-order chi connectivity index (χ0) is 16.4. The van der Waals surface area contributed by atoms with E-state index in [-0.39, 0.29) is 5.91 Å². The highest BCUT2D eigenvalue weighted by atomic mass is 32.1. The summed E-state index contributed by atoms with van der Waals surface area (Å²) in [4.78, 5) is 19.9. The van der Waals surface area contributed by atoms with Crippen LogP contribution in [0.5, 0.6) is 0 Å². The lowest BCUT2D eigenvalue weighted by Gasteiger charge is -2.31. The lowest BCUT2D eigenvalue weighted by Crippen LogP contribution is -2.39. The van der Waals surface area contributed by atoms with Crippen molar-refractivity contribution >= 4 is 23.3 Å². The van der Waals surface area contributed by atoms with E-state index in [1.54, 1.807) is 17.4 Å². The van der Waals surface area contributed by atoms with Crippen LogP contribution in [0.1, 0.15) is 48.2 Å². The van der Waals surface area contributed by atoms with E-state index in [9.17, 15) is 4.79 Å². The fourth-order valence-corrected chi connectivity index (χ4v) is 3.80. The molecule has 2 aromatic heterocycles. The van der Waals surface area contributed by atoms with Gasteiger partial charge in [-0.05, 0) is 49.1 Å². The first-order valence-electron chi connectivity index (χ1n) is 8.61. The first-order valence-corrected chi connectivity index (χ1v) is 9.49. The fourth-order valence-electron chi connectivity index (χ4n) is 3.18. The van der Waals surface area contributed by atoms with Gasteiger partial charge in [-0.2, -0.15) is 4.98 Å². The first kappa shape index (κ1) is 15.6. The minimum absolute atomic E-state index is 0.0947. The van der Waals surface area contributed by atoms with Crippen LogP contribution in [0, 0.1) is 5.92 Å². The number of likely N-dealkylation sites (tertiary alicyclic amines) is 1.